The van der Waals surface area contributed by atoms with Crippen LogP contribution < -0.4 is 5.32 Å². The zero-order valence-electron chi connectivity index (χ0n) is 21.5. The summed E-state index contributed by atoms with van der Waals surface area (Å²) in [6, 6.07) is 11.1. The second-order valence-corrected chi connectivity index (χ2v) is 9.80. The number of fused-ring (bicyclic) bond motifs is 1. The van der Waals surface area contributed by atoms with Gasteiger partial charge < -0.3 is 24.4 Å². The van der Waals surface area contributed by atoms with E-state index in [9.17, 15) is 9.59 Å². The van der Waals surface area contributed by atoms with Crippen LogP contribution in [0.2, 0.25) is 0 Å². The Hall–Kier alpha value is -2.87. The van der Waals surface area contributed by atoms with Crippen LogP contribution in [0.3, 0.4) is 0 Å². The van der Waals surface area contributed by atoms with E-state index in [-0.39, 0.29) is 18.0 Å². The first-order chi connectivity index (χ1) is 16.9. The second kappa shape index (κ2) is 11.2. The average molecular weight is 482 g/mol. The number of nitrogens with one attached hydrogen (secondary N) is 1. The van der Waals surface area contributed by atoms with Crippen molar-refractivity contribution in [1.82, 2.24) is 24.7 Å². The molecule has 1 fully saturated rings. The van der Waals surface area contributed by atoms with Crippen LogP contribution in [-0.4, -0.2) is 64.1 Å². The van der Waals surface area contributed by atoms with Crippen molar-refractivity contribution >= 4 is 12.0 Å². The number of methoxy groups -OCH3 is 1. The molecule has 1 unspecified atom stereocenters. The quantitative estimate of drug-likeness (QED) is 0.647. The molecule has 8 nitrogen and oxygen atoms in total. The van der Waals surface area contributed by atoms with E-state index < -0.39 is 0 Å². The second-order valence-electron chi connectivity index (χ2n) is 9.80. The van der Waals surface area contributed by atoms with Crippen molar-refractivity contribution in [1.29, 1.82) is 0 Å². The van der Waals surface area contributed by atoms with Gasteiger partial charge in [0.15, 0.2) is 0 Å². The van der Waals surface area contributed by atoms with Crippen molar-refractivity contribution in [3.63, 3.8) is 0 Å². The van der Waals surface area contributed by atoms with Crippen molar-refractivity contribution in [2.75, 3.05) is 26.7 Å². The lowest BCUT2D eigenvalue weighted by atomic mass is 9.96. The Kier molecular flexibility index (Phi) is 8.11. The predicted octanol–water partition coefficient (Wildman–Crippen LogP) is 4.00. The number of piperidine rings is 1. The van der Waals surface area contributed by atoms with Gasteiger partial charge in [-0.1, -0.05) is 37.3 Å². The standard InChI is InChI=1S/C27H39N5O3/c1-5-26(33)29-23(21-9-7-6-8-10-21)17-19(2)30-14-11-22(12-15-30)32-20(3)28-24-18-31(27(34)35-4)16-13-25(24)32/h6-10,19,22-23H,5,11-18H2,1-4H3,(H,29,33)/t19?,23-/m0/s1. The molecular weight excluding hydrogens is 442 g/mol. The predicted molar refractivity (Wildman–Crippen MR) is 135 cm³/mol. The summed E-state index contributed by atoms with van der Waals surface area (Å²) in [5.41, 5.74) is 3.45. The van der Waals surface area contributed by atoms with Crippen LogP contribution in [0.5, 0.6) is 0 Å². The Labute approximate surface area is 208 Å². The van der Waals surface area contributed by atoms with Crippen LogP contribution in [0.4, 0.5) is 4.79 Å². The summed E-state index contributed by atoms with van der Waals surface area (Å²) in [6.07, 6.45) is 4.07. The van der Waals surface area contributed by atoms with Gasteiger partial charge in [-0.25, -0.2) is 9.78 Å². The molecule has 1 aromatic heterocycles. The van der Waals surface area contributed by atoms with E-state index in [4.69, 9.17) is 9.72 Å². The number of aromatic nitrogens is 2. The lowest BCUT2D eigenvalue weighted by molar-refractivity contribution is -0.121. The average Bonchev–Trinajstić information content (AvgIpc) is 3.22. The molecule has 1 N–H and O–H groups in total. The number of carbonyl (C=O) groups excluding carboxylic acids is 2. The normalized spacial score (nSPS) is 18.6. The minimum atomic E-state index is -0.283. The van der Waals surface area contributed by atoms with E-state index in [1.165, 1.54) is 12.8 Å². The molecule has 8 heteroatoms. The molecule has 0 radical (unpaired) electrons. The maximum Gasteiger partial charge on any atom is 0.409 e. The zero-order valence-corrected chi connectivity index (χ0v) is 21.5. The number of aryl methyl sites for hydroxylation is 1. The van der Waals surface area contributed by atoms with Crippen molar-refractivity contribution in [2.24, 2.45) is 0 Å². The van der Waals surface area contributed by atoms with Crippen LogP contribution in [0, 0.1) is 6.92 Å². The number of hydrogen-bond acceptors (Lipinski definition) is 5. The molecule has 4 rings (SSSR count). The number of rotatable bonds is 7. The molecule has 35 heavy (non-hydrogen) atoms. The van der Waals surface area contributed by atoms with E-state index in [1.807, 2.05) is 25.1 Å². The highest BCUT2D eigenvalue weighted by atomic mass is 16.5. The summed E-state index contributed by atoms with van der Waals surface area (Å²) in [6.45, 7) is 9.50. The third-order valence-corrected chi connectivity index (χ3v) is 7.58. The Morgan fingerprint density at radius 2 is 1.89 bits per heavy atom. The Balaban J connectivity index is 1.38. The van der Waals surface area contributed by atoms with Gasteiger partial charge in [-0.15, -0.1) is 0 Å². The number of nitrogens with zero attached hydrogens (tertiary/aromatic N) is 4. The molecule has 2 aliphatic rings. The fraction of sp³-hybridized carbons (Fsp3) is 0.593. The molecule has 1 aromatic carbocycles. The molecule has 0 aliphatic carbocycles. The largest absolute Gasteiger partial charge is 0.453 e. The first-order valence-corrected chi connectivity index (χ1v) is 12.9. The Morgan fingerprint density at radius 1 is 1.17 bits per heavy atom. The van der Waals surface area contributed by atoms with Crippen LogP contribution in [0.25, 0.3) is 0 Å². The van der Waals surface area contributed by atoms with Gasteiger partial charge in [-0.2, -0.15) is 0 Å². The fourth-order valence-corrected chi connectivity index (χ4v) is 5.64. The van der Waals surface area contributed by atoms with E-state index in [2.05, 4.69) is 40.8 Å². The number of hydrogen-bond donors (Lipinski definition) is 1. The van der Waals surface area contributed by atoms with Crippen molar-refractivity contribution in [3.8, 4) is 0 Å². The lowest BCUT2D eigenvalue weighted by Crippen LogP contribution is -2.43. The summed E-state index contributed by atoms with van der Waals surface area (Å²) in [7, 11) is 1.43. The number of carbonyl (C=O) groups is 2. The van der Waals surface area contributed by atoms with E-state index in [0.717, 1.165) is 55.9 Å². The molecular formula is C27H39N5O3. The highest BCUT2D eigenvalue weighted by Gasteiger charge is 2.31. The molecule has 2 atom stereocenters. The summed E-state index contributed by atoms with van der Waals surface area (Å²) in [5.74, 6) is 1.13. The van der Waals surface area contributed by atoms with E-state index in [0.29, 0.717) is 31.6 Å². The third-order valence-electron chi connectivity index (χ3n) is 7.58. The van der Waals surface area contributed by atoms with Gasteiger partial charge in [0.1, 0.15) is 5.82 Å². The van der Waals surface area contributed by atoms with Gasteiger partial charge in [0, 0.05) is 50.3 Å². The molecule has 2 amide bonds. The lowest BCUT2D eigenvalue weighted by Gasteiger charge is -2.39. The maximum absolute atomic E-state index is 12.2. The van der Waals surface area contributed by atoms with Crippen molar-refractivity contribution < 1.29 is 14.3 Å². The number of ether oxygens (including phenoxy) is 1. The van der Waals surface area contributed by atoms with Gasteiger partial charge in [0.2, 0.25) is 5.91 Å². The number of likely N-dealkylation sites (tertiary alicyclic amines) is 1. The summed E-state index contributed by atoms with van der Waals surface area (Å²) in [5, 5.41) is 3.23. The zero-order chi connectivity index (χ0) is 24.9. The summed E-state index contributed by atoms with van der Waals surface area (Å²) in [4.78, 5) is 33.2. The Morgan fingerprint density at radius 3 is 2.54 bits per heavy atom. The topological polar surface area (TPSA) is 79.7 Å². The monoisotopic (exact) mass is 481 g/mol. The van der Waals surface area contributed by atoms with E-state index >= 15 is 0 Å². The Bertz CT molecular complexity index is 1010. The molecule has 2 aliphatic heterocycles. The van der Waals surface area contributed by atoms with Gasteiger partial charge >= 0.3 is 6.09 Å². The van der Waals surface area contributed by atoms with Crippen LogP contribution in [0.1, 0.15) is 74.4 Å². The fourth-order valence-electron chi connectivity index (χ4n) is 5.64. The highest BCUT2D eigenvalue weighted by Crippen LogP contribution is 2.32. The first-order valence-electron chi connectivity index (χ1n) is 12.9. The number of benzene rings is 1. The smallest absolute Gasteiger partial charge is 0.409 e. The SMILES string of the molecule is CCC(=O)N[C@@H](CC(C)N1CCC(n2c(C)nc3c2CCN(C(=O)OC)C3)CC1)c1ccccc1. The molecule has 190 valence electrons. The minimum Gasteiger partial charge on any atom is -0.453 e. The van der Waals surface area contributed by atoms with Crippen molar-refractivity contribution in [3.05, 3.63) is 53.1 Å². The summed E-state index contributed by atoms with van der Waals surface area (Å²) >= 11 is 0. The minimum absolute atomic E-state index is 0.0250. The molecule has 2 aromatic rings. The van der Waals surface area contributed by atoms with E-state index in [1.54, 1.807) is 4.90 Å². The molecule has 0 saturated carbocycles. The van der Waals surface area contributed by atoms with Crippen LogP contribution >= 0.6 is 0 Å². The molecule has 0 bridgehead atoms. The van der Waals surface area contributed by atoms with Gasteiger partial charge in [0.05, 0.1) is 25.4 Å². The van der Waals surface area contributed by atoms with Gasteiger partial charge in [0.25, 0.3) is 0 Å². The van der Waals surface area contributed by atoms with Crippen LogP contribution in [0.15, 0.2) is 30.3 Å². The number of amides is 2. The van der Waals surface area contributed by atoms with Crippen LogP contribution in [-0.2, 0) is 22.5 Å². The first kappa shape index (κ1) is 25.2. The highest BCUT2D eigenvalue weighted by molar-refractivity contribution is 5.76. The third kappa shape index (κ3) is 5.69. The van der Waals surface area contributed by atoms with Gasteiger partial charge in [-0.05, 0) is 38.7 Å². The van der Waals surface area contributed by atoms with Gasteiger partial charge in [-0.3, -0.25) is 4.79 Å². The van der Waals surface area contributed by atoms with Crippen molar-refractivity contribution in [2.45, 2.75) is 77.5 Å². The molecule has 0 spiro atoms. The summed E-state index contributed by atoms with van der Waals surface area (Å²) < 4.78 is 7.33. The maximum atomic E-state index is 12.2. The molecule has 1 saturated heterocycles. The number of imidazole rings is 1. The molecule has 3 heterocycles.